The summed E-state index contributed by atoms with van der Waals surface area (Å²) in [7, 11) is 0. The van der Waals surface area contributed by atoms with Crippen molar-refractivity contribution >= 4 is 11.8 Å². The number of nitrogens with one attached hydrogen (secondary N) is 2. The van der Waals surface area contributed by atoms with E-state index < -0.39 is 41.3 Å². The minimum atomic E-state index is -0.955. The molecule has 0 spiro atoms. The number of carbonyl (C=O) groups is 2. The van der Waals surface area contributed by atoms with E-state index in [4.69, 9.17) is 0 Å². The van der Waals surface area contributed by atoms with Gasteiger partial charge in [-0.1, -0.05) is 32.0 Å². The summed E-state index contributed by atoms with van der Waals surface area (Å²) in [6, 6.07) is 6.82. The molecule has 2 rings (SSSR count). The van der Waals surface area contributed by atoms with Gasteiger partial charge in [0.2, 0.25) is 5.91 Å². The summed E-state index contributed by atoms with van der Waals surface area (Å²) >= 11 is 0. The molecule has 2 atom stereocenters. The first-order valence-corrected chi connectivity index (χ1v) is 8.51. The molecule has 0 fully saturated rings. The summed E-state index contributed by atoms with van der Waals surface area (Å²) in [5.74, 6) is -3.76. The van der Waals surface area contributed by atoms with E-state index >= 15 is 0 Å². The Hall–Kier alpha value is -2.83. The molecule has 0 radical (unpaired) electrons. The predicted octanol–water partition coefficient (Wildman–Crippen LogP) is 3.74. The van der Waals surface area contributed by atoms with Gasteiger partial charge in [-0.05, 0) is 31.0 Å². The van der Waals surface area contributed by atoms with Crippen molar-refractivity contribution in [1.29, 1.82) is 0 Å². The van der Waals surface area contributed by atoms with Gasteiger partial charge < -0.3 is 10.6 Å². The lowest BCUT2D eigenvalue weighted by atomic mass is 10.0. The van der Waals surface area contributed by atoms with Crippen molar-refractivity contribution in [2.24, 2.45) is 5.92 Å². The van der Waals surface area contributed by atoms with Crippen LogP contribution in [0.2, 0.25) is 0 Å². The lowest BCUT2D eigenvalue weighted by molar-refractivity contribution is -0.124. The normalized spacial score (nSPS) is 13.1. The average Bonchev–Trinajstić information content (AvgIpc) is 2.59. The lowest BCUT2D eigenvalue weighted by Gasteiger charge is -2.24. The van der Waals surface area contributed by atoms with Crippen LogP contribution >= 0.6 is 0 Å². The fraction of sp³-hybridized carbons (Fsp3) is 0.300. The van der Waals surface area contributed by atoms with E-state index in [1.54, 1.807) is 20.8 Å². The number of carbonyl (C=O) groups excluding carboxylic acids is 2. The van der Waals surface area contributed by atoms with Crippen molar-refractivity contribution < 1.29 is 22.8 Å². The van der Waals surface area contributed by atoms with Crippen LogP contribution in [0.1, 0.15) is 42.7 Å². The molecule has 2 aromatic rings. The molecule has 0 aliphatic rings. The van der Waals surface area contributed by atoms with Gasteiger partial charge in [-0.15, -0.1) is 0 Å². The lowest BCUT2D eigenvalue weighted by Crippen LogP contribution is -2.50. The summed E-state index contributed by atoms with van der Waals surface area (Å²) in [4.78, 5) is 24.9. The Kier molecular flexibility index (Phi) is 6.60. The van der Waals surface area contributed by atoms with E-state index in [1.165, 1.54) is 24.3 Å². The highest BCUT2D eigenvalue weighted by molar-refractivity contribution is 5.97. The topological polar surface area (TPSA) is 58.2 Å². The fourth-order valence-corrected chi connectivity index (χ4v) is 2.63. The second-order valence-electron chi connectivity index (χ2n) is 6.57. The first-order chi connectivity index (χ1) is 12.7. The molecule has 27 heavy (non-hydrogen) atoms. The van der Waals surface area contributed by atoms with Crippen LogP contribution in [0.25, 0.3) is 0 Å². The maximum atomic E-state index is 13.9. The summed E-state index contributed by atoms with van der Waals surface area (Å²) in [6.45, 7) is 4.98. The summed E-state index contributed by atoms with van der Waals surface area (Å²) in [5, 5.41) is 5.11. The van der Waals surface area contributed by atoms with Crippen LogP contribution < -0.4 is 10.6 Å². The molecule has 2 amide bonds. The van der Waals surface area contributed by atoms with Gasteiger partial charge in [0.25, 0.3) is 5.91 Å². The Morgan fingerprint density at radius 2 is 1.56 bits per heavy atom. The van der Waals surface area contributed by atoms with Crippen molar-refractivity contribution in [2.75, 3.05) is 0 Å². The third-order valence-electron chi connectivity index (χ3n) is 4.14. The smallest absolute Gasteiger partial charge is 0.254 e. The maximum Gasteiger partial charge on any atom is 0.254 e. The molecule has 144 valence electrons. The predicted molar refractivity (Wildman–Crippen MR) is 95.4 cm³/mol. The molecule has 0 saturated carbocycles. The molecule has 4 nitrogen and oxygen atoms in total. The third kappa shape index (κ3) is 5.09. The average molecular weight is 378 g/mol. The van der Waals surface area contributed by atoms with E-state index in [0.29, 0.717) is 0 Å². The van der Waals surface area contributed by atoms with E-state index in [0.717, 1.165) is 18.2 Å². The zero-order valence-corrected chi connectivity index (χ0v) is 15.2. The van der Waals surface area contributed by atoms with Gasteiger partial charge in [0, 0.05) is 11.6 Å². The van der Waals surface area contributed by atoms with Crippen LogP contribution in [0.5, 0.6) is 0 Å². The summed E-state index contributed by atoms with van der Waals surface area (Å²) in [6.07, 6.45) is 0. The van der Waals surface area contributed by atoms with Crippen LogP contribution in [0.4, 0.5) is 13.2 Å². The standard InChI is InChI=1S/C20H21F3N2O2/c1-11(2)18(25-19(26)15-6-4-5-7-16(15)22)20(27)24-12(3)14-9-8-13(21)10-17(14)23/h4-12,18H,1-3H3,(H,24,27)(H,25,26)/t12?,18-/m0/s1. The highest BCUT2D eigenvalue weighted by atomic mass is 19.1. The Balaban J connectivity index is 2.12. The van der Waals surface area contributed by atoms with Crippen LogP contribution in [0.15, 0.2) is 42.5 Å². The Morgan fingerprint density at radius 3 is 2.15 bits per heavy atom. The number of hydrogen-bond acceptors (Lipinski definition) is 2. The second kappa shape index (κ2) is 8.70. The highest BCUT2D eigenvalue weighted by Gasteiger charge is 2.27. The minimum Gasteiger partial charge on any atom is -0.348 e. The Bertz CT molecular complexity index is 840. The van der Waals surface area contributed by atoms with Gasteiger partial charge in [-0.2, -0.15) is 0 Å². The molecular weight excluding hydrogens is 357 g/mol. The first-order valence-electron chi connectivity index (χ1n) is 8.51. The van der Waals surface area contributed by atoms with E-state index in [-0.39, 0.29) is 17.0 Å². The van der Waals surface area contributed by atoms with Crippen molar-refractivity contribution in [1.82, 2.24) is 10.6 Å². The first kappa shape index (κ1) is 20.5. The number of halogens is 3. The molecule has 0 heterocycles. The van der Waals surface area contributed by atoms with Gasteiger partial charge in [0.05, 0.1) is 11.6 Å². The largest absolute Gasteiger partial charge is 0.348 e. The van der Waals surface area contributed by atoms with Gasteiger partial charge in [-0.3, -0.25) is 9.59 Å². The van der Waals surface area contributed by atoms with Gasteiger partial charge in [-0.25, -0.2) is 13.2 Å². The maximum absolute atomic E-state index is 13.9. The van der Waals surface area contributed by atoms with E-state index in [1.807, 2.05) is 0 Å². The van der Waals surface area contributed by atoms with Crippen molar-refractivity contribution in [3.63, 3.8) is 0 Å². The Morgan fingerprint density at radius 1 is 0.889 bits per heavy atom. The fourth-order valence-electron chi connectivity index (χ4n) is 2.63. The van der Waals surface area contributed by atoms with E-state index in [9.17, 15) is 22.8 Å². The van der Waals surface area contributed by atoms with Crippen LogP contribution in [-0.4, -0.2) is 17.9 Å². The summed E-state index contributed by atoms with van der Waals surface area (Å²) in [5.41, 5.74) is -0.0544. The van der Waals surface area contributed by atoms with Gasteiger partial charge >= 0.3 is 0 Å². The van der Waals surface area contributed by atoms with Crippen LogP contribution in [-0.2, 0) is 4.79 Å². The Labute approximate surface area is 155 Å². The molecular formula is C20H21F3N2O2. The van der Waals surface area contributed by atoms with Crippen molar-refractivity contribution in [3.05, 3.63) is 71.0 Å². The SMILES string of the molecule is CC(NC(=O)[C@@H](NC(=O)c1ccccc1F)C(C)C)c1ccc(F)cc1F. The highest BCUT2D eigenvalue weighted by Crippen LogP contribution is 2.18. The molecule has 0 aromatic heterocycles. The zero-order chi connectivity index (χ0) is 20.1. The minimum absolute atomic E-state index is 0.118. The van der Waals surface area contributed by atoms with Gasteiger partial charge in [0.15, 0.2) is 0 Å². The molecule has 0 saturated heterocycles. The van der Waals surface area contributed by atoms with Crippen molar-refractivity contribution in [2.45, 2.75) is 32.9 Å². The van der Waals surface area contributed by atoms with Crippen LogP contribution in [0, 0.1) is 23.4 Å². The molecule has 2 N–H and O–H groups in total. The van der Waals surface area contributed by atoms with Crippen LogP contribution in [0.3, 0.4) is 0 Å². The third-order valence-corrected chi connectivity index (χ3v) is 4.14. The molecule has 1 unspecified atom stereocenters. The molecule has 0 aliphatic heterocycles. The molecule has 7 heteroatoms. The number of rotatable bonds is 6. The number of hydrogen-bond donors (Lipinski definition) is 2. The monoisotopic (exact) mass is 378 g/mol. The molecule has 2 aromatic carbocycles. The number of amides is 2. The molecule has 0 bridgehead atoms. The number of benzene rings is 2. The van der Waals surface area contributed by atoms with E-state index in [2.05, 4.69) is 10.6 Å². The zero-order valence-electron chi connectivity index (χ0n) is 15.2. The van der Waals surface area contributed by atoms with Crippen molar-refractivity contribution in [3.8, 4) is 0 Å². The second-order valence-corrected chi connectivity index (χ2v) is 6.57. The van der Waals surface area contributed by atoms with Gasteiger partial charge in [0.1, 0.15) is 23.5 Å². The summed E-state index contributed by atoms with van der Waals surface area (Å²) < 4.78 is 40.7. The molecule has 0 aliphatic carbocycles. The quantitative estimate of drug-likeness (QED) is 0.805.